The predicted molar refractivity (Wildman–Crippen MR) is 67.1 cm³/mol. The summed E-state index contributed by atoms with van der Waals surface area (Å²) in [5.41, 5.74) is 1.04. The van der Waals surface area contributed by atoms with E-state index in [1.54, 1.807) is 6.07 Å². The van der Waals surface area contributed by atoms with E-state index in [0.717, 1.165) is 18.5 Å². The number of carboxylic acids is 1. The molecule has 0 fully saturated rings. The summed E-state index contributed by atoms with van der Waals surface area (Å²) in [7, 11) is 0. The number of aromatic nitrogens is 1. The minimum Gasteiger partial charge on any atom is -0.478 e. The summed E-state index contributed by atoms with van der Waals surface area (Å²) in [5.74, 6) is 2.14. The van der Waals surface area contributed by atoms with Gasteiger partial charge in [-0.1, -0.05) is 13.3 Å². The van der Waals surface area contributed by atoms with Crippen LogP contribution in [-0.2, 0) is 6.42 Å². The normalized spacial score (nSPS) is 9.65. The third-order valence-corrected chi connectivity index (χ3v) is 2.21. The van der Waals surface area contributed by atoms with Crippen molar-refractivity contribution in [1.29, 1.82) is 0 Å². The van der Waals surface area contributed by atoms with E-state index in [9.17, 15) is 4.79 Å². The van der Waals surface area contributed by atoms with Crippen LogP contribution in [-0.4, -0.2) is 22.6 Å². The number of pyridine rings is 1. The lowest BCUT2D eigenvalue weighted by Gasteiger charge is -2.07. The zero-order valence-corrected chi connectivity index (χ0v) is 9.86. The minimum absolute atomic E-state index is 0.256. The number of hydrogen-bond acceptors (Lipinski definition) is 3. The third kappa shape index (κ3) is 4.15. The van der Waals surface area contributed by atoms with Gasteiger partial charge in [-0.05, 0) is 18.6 Å². The second-order valence-electron chi connectivity index (χ2n) is 3.67. The molecule has 17 heavy (non-hydrogen) atoms. The Hall–Kier alpha value is -2.02. The lowest BCUT2D eigenvalue weighted by Crippen LogP contribution is -2.07. The van der Waals surface area contributed by atoms with Crippen LogP contribution in [0, 0.1) is 12.3 Å². The molecule has 0 amide bonds. The molecule has 4 nitrogen and oxygen atoms in total. The minimum atomic E-state index is -0.940. The first-order valence-corrected chi connectivity index (χ1v) is 5.59. The number of terminal acetylenes is 1. The Kier molecular flexibility index (Phi) is 5.02. The number of anilines is 1. The van der Waals surface area contributed by atoms with Crippen molar-refractivity contribution in [3.63, 3.8) is 0 Å². The van der Waals surface area contributed by atoms with Gasteiger partial charge >= 0.3 is 5.97 Å². The average Bonchev–Trinajstić information content (AvgIpc) is 2.29. The van der Waals surface area contributed by atoms with Crippen LogP contribution in [0.3, 0.4) is 0 Å². The highest BCUT2D eigenvalue weighted by molar-refractivity contribution is 5.88. The molecule has 4 heteroatoms. The van der Waals surface area contributed by atoms with Crippen molar-refractivity contribution in [2.45, 2.75) is 26.2 Å². The zero-order chi connectivity index (χ0) is 12.7. The van der Waals surface area contributed by atoms with Crippen molar-refractivity contribution in [2.75, 3.05) is 11.9 Å². The number of aromatic carboxylic acids is 1. The molecule has 0 atom stereocenters. The molecular formula is C13H16N2O2. The SMILES string of the molecule is C#CCCNc1cc(C(=O)O)cc(CCC)n1. The smallest absolute Gasteiger partial charge is 0.335 e. The van der Waals surface area contributed by atoms with Crippen molar-refractivity contribution in [3.8, 4) is 12.3 Å². The second kappa shape index (κ2) is 6.54. The summed E-state index contributed by atoms with van der Waals surface area (Å²) < 4.78 is 0. The van der Waals surface area contributed by atoms with Gasteiger partial charge < -0.3 is 10.4 Å². The Morgan fingerprint density at radius 1 is 1.59 bits per heavy atom. The van der Waals surface area contributed by atoms with E-state index < -0.39 is 5.97 Å². The van der Waals surface area contributed by atoms with Crippen LogP contribution >= 0.6 is 0 Å². The van der Waals surface area contributed by atoms with E-state index in [2.05, 4.69) is 16.2 Å². The molecule has 2 N–H and O–H groups in total. The van der Waals surface area contributed by atoms with Crippen LogP contribution in [0.5, 0.6) is 0 Å². The third-order valence-electron chi connectivity index (χ3n) is 2.21. The predicted octanol–water partition coefficient (Wildman–Crippen LogP) is 2.17. The topological polar surface area (TPSA) is 62.2 Å². The Morgan fingerprint density at radius 3 is 2.94 bits per heavy atom. The standard InChI is InChI=1S/C13H16N2O2/c1-3-5-7-14-12-9-10(13(16)17)8-11(15-12)6-4-2/h1,8-9H,4-7H2,2H3,(H,14,15)(H,16,17). The molecule has 0 bridgehead atoms. The van der Waals surface area contributed by atoms with Crippen LogP contribution in [0.25, 0.3) is 0 Å². The summed E-state index contributed by atoms with van der Waals surface area (Å²) >= 11 is 0. The first-order chi connectivity index (χ1) is 8.17. The maximum absolute atomic E-state index is 11.0. The van der Waals surface area contributed by atoms with E-state index in [1.807, 2.05) is 6.92 Å². The molecule has 1 rings (SSSR count). The number of rotatable bonds is 6. The van der Waals surface area contributed by atoms with Gasteiger partial charge in [0.15, 0.2) is 0 Å². The van der Waals surface area contributed by atoms with E-state index in [0.29, 0.717) is 18.8 Å². The first kappa shape index (κ1) is 13.0. The highest BCUT2D eigenvalue weighted by atomic mass is 16.4. The fourth-order valence-corrected chi connectivity index (χ4v) is 1.45. The van der Waals surface area contributed by atoms with Gasteiger partial charge in [0, 0.05) is 18.7 Å². The van der Waals surface area contributed by atoms with Crippen molar-refractivity contribution >= 4 is 11.8 Å². The van der Waals surface area contributed by atoms with Crippen molar-refractivity contribution in [2.24, 2.45) is 0 Å². The Labute approximate surface area is 101 Å². The Balaban J connectivity index is 2.88. The molecule has 90 valence electrons. The second-order valence-corrected chi connectivity index (χ2v) is 3.67. The lowest BCUT2D eigenvalue weighted by molar-refractivity contribution is 0.0696. The van der Waals surface area contributed by atoms with Gasteiger partial charge in [-0.3, -0.25) is 0 Å². The molecule has 0 aliphatic rings. The molecule has 0 spiro atoms. The Bertz CT molecular complexity index is 436. The van der Waals surface area contributed by atoms with Gasteiger partial charge in [-0.2, -0.15) is 0 Å². The van der Waals surface area contributed by atoms with E-state index in [-0.39, 0.29) is 5.56 Å². The summed E-state index contributed by atoms with van der Waals surface area (Å²) in [6.07, 6.45) is 7.43. The summed E-state index contributed by atoms with van der Waals surface area (Å²) in [6, 6.07) is 3.14. The number of carboxylic acid groups (broad SMARTS) is 1. The number of nitrogens with one attached hydrogen (secondary N) is 1. The molecule has 1 aromatic heterocycles. The highest BCUT2D eigenvalue weighted by Crippen LogP contribution is 2.12. The molecule has 0 radical (unpaired) electrons. The van der Waals surface area contributed by atoms with Gasteiger partial charge in [-0.25, -0.2) is 9.78 Å². The molecule has 0 aliphatic carbocycles. The summed E-state index contributed by atoms with van der Waals surface area (Å²) in [4.78, 5) is 15.3. The summed E-state index contributed by atoms with van der Waals surface area (Å²) in [5, 5.41) is 12.0. The van der Waals surface area contributed by atoms with Gasteiger partial charge in [-0.15, -0.1) is 12.3 Å². The number of nitrogens with zero attached hydrogens (tertiary/aromatic N) is 1. The average molecular weight is 232 g/mol. The van der Waals surface area contributed by atoms with Gasteiger partial charge in [0.1, 0.15) is 5.82 Å². The quantitative estimate of drug-likeness (QED) is 0.583. The molecular weight excluding hydrogens is 216 g/mol. The van der Waals surface area contributed by atoms with Crippen molar-refractivity contribution < 1.29 is 9.90 Å². The van der Waals surface area contributed by atoms with Crippen LogP contribution in [0.1, 0.15) is 35.8 Å². The Morgan fingerprint density at radius 2 is 2.35 bits per heavy atom. The van der Waals surface area contributed by atoms with E-state index >= 15 is 0 Å². The van der Waals surface area contributed by atoms with E-state index in [1.165, 1.54) is 6.07 Å². The van der Waals surface area contributed by atoms with Crippen molar-refractivity contribution in [1.82, 2.24) is 4.98 Å². The van der Waals surface area contributed by atoms with Crippen LogP contribution in [0.15, 0.2) is 12.1 Å². The number of hydrogen-bond donors (Lipinski definition) is 2. The number of aryl methyl sites for hydroxylation is 1. The molecule has 0 aromatic carbocycles. The zero-order valence-electron chi connectivity index (χ0n) is 9.86. The van der Waals surface area contributed by atoms with Crippen LogP contribution < -0.4 is 5.32 Å². The van der Waals surface area contributed by atoms with E-state index in [4.69, 9.17) is 11.5 Å². The molecule has 1 heterocycles. The molecule has 0 aliphatic heterocycles. The maximum Gasteiger partial charge on any atom is 0.335 e. The monoisotopic (exact) mass is 232 g/mol. The van der Waals surface area contributed by atoms with Crippen molar-refractivity contribution in [3.05, 3.63) is 23.4 Å². The van der Waals surface area contributed by atoms with Gasteiger partial charge in [0.25, 0.3) is 0 Å². The number of carbonyl (C=O) groups is 1. The molecule has 1 aromatic rings. The fraction of sp³-hybridized carbons (Fsp3) is 0.385. The fourth-order valence-electron chi connectivity index (χ4n) is 1.45. The lowest BCUT2D eigenvalue weighted by atomic mass is 10.1. The van der Waals surface area contributed by atoms with Crippen LogP contribution in [0.4, 0.5) is 5.82 Å². The first-order valence-electron chi connectivity index (χ1n) is 5.59. The molecule has 0 saturated heterocycles. The molecule has 0 saturated carbocycles. The largest absolute Gasteiger partial charge is 0.478 e. The maximum atomic E-state index is 11.0. The molecule has 0 unspecified atom stereocenters. The highest BCUT2D eigenvalue weighted by Gasteiger charge is 2.07. The summed E-state index contributed by atoms with van der Waals surface area (Å²) in [6.45, 7) is 2.62. The van der Waals surface area contributed by atoms with Gasteiger partial charge in [0.2, 0.25) is 0 Å². The van der Waals surface area contributed by atoms with Crippen LogP contribution in [0.2, 0.25) is 0 Å². The van der Waals surface area contributed by atoms with Gasteiger partial charge in [0.05, 0.1) is 5.56 Å².